The Morgan fingerprint density at radius 3 is 1.80 bits per heavy atom. The van der Waals surface area contributed by atoms with Crippen LogP contribution in [0, 0.1) is 11.3 Å². The summed E-state index contributed by atoms with van der Waals surface area (Å²) in [5, 5.41) is 9.42. The average Bonchev–Trinajstić information content (AvgIpc) is 1.60. The van der Waals surface area contributed by atoms with Gasteiger partial charge in [-0.15, -0.1) is 0 Å². The summed E-state index contributed by atoms with van der Waals surface area (Å²) in [6.07, 6.45) is 1.89. The molecule has 0 aromatic heterocycles. The highest BCUT2D eigenvalue weighted by Gasteiger charge is 2.15. The van der Waals surface area contributed by atoms with Crippen molar-refractivity contribution in [3.63, 3.8) is 0 Å². The Kier molecular flexibility index (Phi) is 2.95. The maximum absolute atomic E-state index is 9.42. The van der Waals surface area contributed by atoms with Crippen LogP contribution in [0.5, 0.6) is 0 Å². The molecule has 0 aromatic rings. The molecule has 0 spiro atoms. The number of rotatable bonds is 1. The van der Waals surface area contributed by atoms with Gasteiger partial charge in [0.05, 0.1) is 5.76 Å². The molecule has 0 aliphatic rings. The molecule has 0 rings (SSSR count). The monoisotopic (exact) mass is 142 g/mol. The van der Waals surface area contributed by atoms with Crippen LogP contribution in [0.25, 0.3) is 0 Å². The fourth-order valence-corrected chi connectivity index (χ4v) is 0.566. The van der Waals surface area contributed by atoms with E-state index in [0.717, 1.165) is 0 Å². The van der Waals surface area contributed by atoms with Crippen molar-refractivity contribution >= 4 is 0 Å². The van der Waals surface area contributed by atoms with Gasteiger partial charge in [0.25, 0.3) is 0 Å². The quantitative estimate of drug-likeness (QED) is 0.558. The van der Waals surface area contributed by atoms with Gasteiger partial charge in [0.1, 0.15) is 0 Å². The van der Waals surface area contributed by atoms with Crippen LogP contribution in [0.1, 0.15) is 34.6 Å². The van der Waals surface area contributed by atoms with Gasteiger partial charge in [-0.05, 0) is 12.0 Å². The Labute approximate surface area is 63.8 Å². The van der Waals surface area contributed by atoms with Gasteiger partial charge in [-0.2, -0.15) is 0 Å². The Morgan fingerprint density at radius 1 is 1.30 bits per heavy atom. The molecule has 1 nitrogen and oxygen atoms in total. The molecule has 0 atom stereocenters. The third-order valence-corrected chi connectivity index (χ3v) is 1.26. The van der Waals surface area contributed by atoms with Gasteiger partial charge < -0.3 is 5.11 Å². The van der Waals surface area contributed by atoms with Crippen molar-refractivity contribution in [2.75, 3.05) is 0 Å². The molecule has 0 radical (unpaired) electrons. The second-order valence-corrected chi connectivity index (χ2v) is 4.05. The fourth-order valence-electron chi connectivity index (χ4n) is 0.566. The van der Waals surface area contributed by atoms with Crippen molar-refractivity contribution in [3.8, 4) is 0 Å². The van der Waals surface area contributed by atoms with Gasteiger partial charge in [0, 0.05) is 5.41 Å². The summed E-state index contributed by atoms with van der Waals surface area (Å²) in [5.41, 5.74) is -0.0930. The molecule has 0 fully saturated rings. The highest BCUT2D eigenvalue weighted by molar-refractivity contribution is 5.01. The zero-order chi connectivity index (χ0) is 8.36. The van der Waals surface area contributed by atoms with Crippen LogP contribution in [0.3, 0.4) is 0 Å². The maximum Gasteiger partial charge on any atom is 0.0938 e. The Hall–Kier alpha value is -0.460. The van der Waals surface area contributed by atoms with Crippen molar-refractivity contribution < 1.29 is 5.11 Å². The van der Waals surface area contributed by atoms with Gasteiger partial charge >= 0.3 is 0 Å². The molecule has 0 aliphatic heterocycles. The summed E-state index contributed by atoms with van der Waals surface area (Å²) >= 11 is 0. The third kappa shape index (κ3) is 3.54. The second kappa shape index (κ2) is 3.09. The Morgan fingerprint density at radius 2 is 1.70 bits per heavy atom. The first-order chi connectivity index (χ1) is 4.34. The van der Waals surface area contributed by atoms with Crippen LogP contribution in [0.2, 0.25) is 0 Å². The predicted molar refractivity (Wildman–Crippen MR) is 45.0 cm³/mol. The molecule has 0 heterocycles. The first kappa shape index (κ1) is 9.54. The van der Waals surface area contributed by atoms with Crippen LogP contribution < -0.4 is 0 Å². The number of hydrogen-bond donors (Lipinski definition) is 1. The lowest BCUT2D eigenvalue weighted by atomic mass is 9.92. The topological polar surface area (TPSA) is 20.2 Å². The SMILES string of the molecule is CC(C)C=C(O)C(C)(C)C. The van der Waals surface area contributed by atoms with Gasteiger partial charge in [0.15, 0.2) is 0 Å². The molecule has 1 heteroatoms. The molecule has 0 saturated carbocycles. The Balaban J connectivity index is 4.20. The third-order valence-electron chi connectivity index (χ3n) is 1.26. The van der Waals surface area contributed by atoms with Crippen molar-refractivity contribution in [1.82, 2.24) is 0 Å². The lowest BCUT2D eigenvalue weighted by Gasteiger charge is -2.17. The highest BCUT2D eigenvalue weighted by atomic mass is 16.3. The highest BCUT2D eigenvalue weighted by Crippen LogP contribution is 2.23. The van der Waals surface area contributed by atoms with Crippen LogP contribution >= 0.6 is 0 Å². The van der Waals surface area contributed by atoms with E-state index in [1.807, 2.05) is 26.8 Å². The summed E-state index contributed by atoms with van der Waals surface area (Å²) in [6, 6.07) is 0. The number of aliphatic hydroxyl groups excluding tert-OH is 1. The summed E-state index contributed by atoms with van der Waals surface area (Å²) in [5.74, 6) is 0.918. The van der Waals surface area contributed by atoms with Crippen LogP contribution in [0.4, 0.5) is 0 Å². The fraction of sp³-hybridized carbons (Fsp3) is 0.778. The molecule has 0 aliphatic carbocycles. The van der Waals surface area contributed by atoms with E-state index in [1.54, 1.807) is 0 Å². The number of allylic oxidation sites excluding steroid dienone is 2. The smallest absolute Gasteiger partial charge is 0.0938 e. The molecular formula is C9H18O. The zero-order valence-electron chi connectivity index (χ0n) is 7.60. The van der Waals surface area contributed by atoms with Crippen molar-refractivity contribution in [2.45, 2.75) is 34.6 Å². The van der Waals surface area contributed by atoms with Gasteiger partial charge in [-0.1, -0.05) is 34.6 Å². The number of aliphatic hydroxyl groups is 1. The largest absolute Gasteiger partial charge is 0.512 e. The van der Waals surface area contributed by atoms with E-state index in [1.165, 1.54) is 0 Å². The number of hydrogen-bond acceptors (Lipinski definition) is 1. The van der Waals surface area contributed by atoms with E-state index < -0.39 is 0 Å². The molecule has 0 aromatic carbocycles. The normalized spacial score (nSPS) is 14.4. The van der Waals surface area contributed by atoms with E-state index in [0.29, 0.717) is 11.7 Å². The maximum atomic E-state index is 9.42. The first-order valence-electron chi connectivity index (χ1n) is 3.75. The van der Waals surface area contributed by atoms with Gasteiger partial charge in [0.2, 0.25) is 0 Å². The summed E-state index contributed by atoms with van der Waals surface area (Å²) in [4.78, 5) is 0. The standard InChI is InChI=1S/C9H18O/c1-7(2)6-8(10)9(3,4)5/h6-7,10H,1-5H3. The molecule has 0 bridgehead atoms. The summed E-state index contributed by atoms with van der Waals surface area (Å²) < 4.78 is 0. The minimum Gasteiger partial charge on any atom is -0.512 e. The van der Waals surface area contributed by atoms with E-state index in [4.69, 9.17) is 0 Å². The second-order valence-electron chi connectivity index (χ2n) is 4.05. The van der Waals surface area contributed by atoms with E-state index in [-0.39, 0.29) is 5.41 Å². The van der Waals surface area contributed by atoms with Crippen molar-refractivity contribution in [3.05, 3.63) is 11.8 Å². The molecule has 10 heavy (non-hydrogen) atoms. The van der Waals surface area contributed by atoms with Crippen molar-refractivity contribution in [1.29, 1.82) is 0 Å². The van der Waals surface area contributed by atoms with Gasteiger partial charge in [-0.25, -0.2) is 0 Å². The zero-order valence-corrected chi connectivity index (χ0v) is 7.60. The lowest BCUT2D eigenvalue weighted by molar-refractivity contribution is 0.273. The first-order valence-corrected chi connectivity index (χ1v) is 3.75. The summed E-state index contributed by atoms with van der Waals surface area (Å²) in [7, 11) is 0. The lowest BCUT2D eigenvalue weighted by Crippen LogP contribution is -2.09. The molecule has 0 amide bonds. The van der Waals surface area contributed by atoms with E-state index in [2.05, 4.69) is 13.8 Å². The Bertz CT molecular complexity index is 126. The summed E-state index contributed by atoms with van der Waals surface area (Å²) in [6.45, 7) is 10.1. The van der Waals surface area contributed by atoms with Gasteiger partial charge in [-0.3, -0.25) is 0 Å². The molecule has 0 saturated heterocycles. The van der Waals surface area contributed by atoms with Crippen LogP contribution in [-0.2, 0) is 0 Å². The van der Waals surface area contributed by atoms with Crippen LogP contribution in [0.15, 0.2) is 11.8 Å². The molecule has 1 N–H and O–H groups in total. The van der Waals surface area contributed by atoms with E-state index in [9.17, 15) is 5.11 Å². The van der Waals surface area contributed by atoms with Crippen LogP contribution in [-0.4, -0.2) is 5.11 Å². The predicted octanol–water partition coefficient (Wildman–Crippen LogP) is 3.13. The molecule has 60 valence electrons. The average molecular weight is 142 g/mol. The molecular weight excluding hydrogens is 124 g/mol. The minimum absolute atomic E-state index is 0.0930. The van der Waals surface area contributed by atoms with E-state index >= 15 is 0 Å². The molecule has 0 unspecified atom stereocenters. The minimum atomic E-state index is -0.0930. The van der Waals surface area contributed by atoms with Crippen molar-refractivity contribution in [2.24, 2.45) is 11.3 Å².